The van der Waals surface area contributed by atoms with Crippen LogP contribution in [-0.4, -0.2) is 61.0 Å². The second-order valence-corrected chi connectivity index (χ2v) is 7.35. The van der Waals surface area contributed by atoms with Gasteiger partial charge in [0.15, 0.2) is 0 Å². The number of hydrogen-bond donors (Lipinski definition) is 0. The van der Waals surface area contributed by atoms with Crippen molar-refractivity contribution in [2.45, 2.75) is 45.1 Å². The first-order valence-electron chi connectivity index (χ1n) is 9.97. The molecule has 0 radical (unpaired) electrons. The van der Waals surface area contributed by atoms with Crippen LogP contribution < -0.4 is 9.47 Å². The summed E-state index contributed by atoms with van der Waals surface area (Å²) in [5.41, 5.74) is 0. The van der Waals surface area contributed by atoms with E-state index in [1.54, 1.807) is 12.0 Å². The Labute approximate surface area is 161 Å². The van der Waals surface area contributed by atoms with E-state index >= 15 is 0 Å². The number of nitrogens with zero attached hydrogens (tertiary/aromatic N) is 2. The zero-order valence-corrected chi connectivity index (χ0v) is 16.4. The third-order valence-corrected chi connectivity index (χ3v) is 5.63. The molecule has 2 atom stereocenters. The van der Waals surface area contributed by atoms with E-state index in [1.807, 2.05) is 29.2 Å². The smallest absolute Gasteiger partial charge is 0.228 e. The molecule has 148 valence electrons. The minimum atomic E-state index is -0.203. The van der Waals surface area contributed by atoms with Gasteiger partial charge in [-0.1, -0.05) is 6.92 Å². The second kappa shape index (κ2) is 9.11. The number of ether oxygens (including phenoxy) is 2. The number of carbonyl (C=O) groups excluding carboxylic acids is 2. The summed E-state index contributed by atoms with van der Waals surface area (Å²) >= 11 is 0. The van der Waals surface area contributed by atoms with E-state index in [9.17, 15) is 9.59 Å². The number of piperidine rings is 1. The molecule has 2 aliphatic rings. The number of hydrogen-bond acceptors (Lipinski definition) is 4. The largest absolute Gasteiger partial charge is 0.497 e. The highest BCUT2D eigenvalue weighted by atomic mass is 16.5. The molecule has 6 nitrogen and oxygen atoms in total. The highest BCUT2D eigenvalue weighted by Crippen LogP contribution is 2.26. The normalized spacial score (nSPS) is 22.8. The van der Waals surface area contributed by atoms with Crippen LogP contribution in [0.15, 0.2) is 24.3 Å². The maximum absolute atomic E-state index is 12.9. The van der Waals surface area contributed by atoms with Crippen molar-refractivity contribution in [2.24, 2.45) is 5.92 Å². The van der Waals surface area contributed by atoms with Crippen molar-refractivity contribution in [3.8, 4) is 11.5 Å². The molecule has 2 amide bonds. The summed E-state index contributed by atoms with van der Waals surface area (Å²) < 4.78 is 10.8. The molecular weight excluding hydrogens is 344 g/mol. The van der Waals surface area contributed by atoms with Gasteiger partial charge in [0.1, 0.15) is 18.1 Å². The minimum absolute atomic E-state index is 0.0525. The molecule has 0 N–H and O–H groups in total. The predicted molar refractivity (Wildman–Crippen MR) is 103 cm³/mol. The zero-order chi connectivity index (χ0) is 19.2. The predicted octanol–water partition coefficient (Wildman–Crippen LogP) is 2.71. The quantitative estimate of drug-likeness (QED) is 0.736. The molecule has 0 spiro atoms. The van der Waals surface area contributed by atoms with Crippen LogP contribution in [0.25, 0.3) is 0 Å². The number of likely N-dealkylation sites (tertiary alicyclic amines) is 2. The molecule has 1 aromatic carbocycles. The van der Waals surface area contributed by atoms with Crippen molar-refractivity contribution in [2.75, 3.05) is 33.4 Å². The van der Waals surface area contributed by atoms with Crippen molar-refractivity contribution >= 4 is 11.8 Å². The molecule has 27 heavy (non-hydrogen) atoms. The number of rotatable bonds is 7. The molecular formula is C21H30N2O4. The van der Waals surface area contributed by atoms with Gasteiger partial charge in [0.2, 0.25) is 11.8 Å². The Kier molecular flexibility index (Phi) is 6.58. The van der Waals surface area contributed by atoms with Crippen molar-refractivity contribution < 1.29 is 19.1 Å². The Morgan fingerprint density at radius 2 is 1.93 bits per heavy atom. The molecule has 0 saturated carbocycles. The van der Waals surface area contributed by atoms with Crippen molar-refractivity contribution in [3.05, 3.63) is 24.3 Å². The van der Waals surface area contributed by atoms with Crippen molar-refractivity contribution in [1.29, 1.82) is 0 Å². The monoisotopic (exact) mass is 374 g/mol. The van der Waals surface area contributed by atoms with E-state index < -0.39 is 0 Å². The van der Waals surface area contributed by atoms with Gasteiger partial charge in [-0.3, -0.25) is 9.59 Å². The fourth-order valence-electron chi connectivity index (χ4n) is 4.05. The third-order valence-electron chi connectivity index (χ3n) is 5.63. The Morgan fingerprint density at radius 3 is 2.63 bits per heavy atom. The summed E-state index contributed by atoms with van der Waals surface area (Å²) in [6, 6.07) is 7.71. The lowest BCUT2D eigenvalue weighted by atomic mass is 9.97. The Morgan fingerprint density at radius 1 is 1.19 bits per heavy atom. The summed E-state index contributed by atoms with van der Waals surface area (Å²) in [6.45, 7) is 4.41. The molecule has 2 heterocycles. The summed E-state index contributed by atoms with van der Waals surface area (Å²) in [6.07, 6.45) is 4.67. The van der Waals surface area contributed by atoms with Gasteiger partial charge in [-0.2, -0.15) is 0 Å². The van der Waals surface area contributed by atoms with Gasteiger partial charge in [-0.15, -0.1) is 0 Å². The van der Waals surface area contributed by atoms with Crippen LogP contribution in [0.3, 0.4) is 0 Å². The minimum Gasteiger partial charge on any atom is -0.497 e. The van der Waals surface area contributed by atoms with Gasteiger partial charge in [-0.25, -0.2) is 0 Å². The van der Waals surface area contributed by atoms with Crippen molar-refractivity contribution in [3.63, 3.8) is 0 Å². The number of methoxy groups -OCH3 is 1. The van der Waals surface area contributed by atoms with E-state index in [-0.39, 0.29) is 17.7 Å². The molecule has 2 fully saturated rings. The highest BCUT2D eigenvalue weighted by Gasteiger charge is 2.38. The average molecular weight is 374 g/mol. The fraction of sp³-hybridized carbons (Fsp3) is 0.619. The van der Waals surface area contributed by atoms with Crippen LogP contribution in [0.2, 0.25) is 0 Å². The van der Waals surface area contributed by atoms with Gasteiger partial charge in [0.05, 0.1) is 19.6 Å². The van der Waals surface area contributed by atoms with E-state index in [1.165, 1.54) is 6.42 Å². The van der Waals surface area contributed by atoms with Crippen LogP contribution in [0.1, 0.15) is 39.0 Å². The van der Waals surface area contributed by atoms with Crippen LogP contribution >= 0.6 is 0 Å². The fourth-order valence-corrected chi connectivity index (χ4v) is 4.05. The lowest BCUT2D eigenvalue weighted by Crippen LogP contribution is -2.46. The average Bonchev–Trinajstić information content (AvgIpc) is 3.08. The summed E-state index contributed by atoms with van der Waals surface area (Å²) in [7, 11) is 1.62. The molecule has 1 aromatic rings. The maximum Gasteiger partial charge on any atom is 0.228 e. The third kappa shape index (κ3) is 4.73. The molecule has 2 aliphatic heterocycles. The molecule has 2 unspecified atom stereocenters. The lowest BCUT2D eigenvalue weighted by Gasteiger charge is -2.36. The van der Waals surface area contributed by atoms with Crippen molar-refractivity contribution in [1.82, 2.24) is 9.80 Å². The van der Waals surface area contributed by atoms with E-state index in [4.69, 9.17) is 9.47 Å². The zero-order valence-electron chi connectivity index (χ0n) is 16.4. The van der Waals surface area contributed by atoms with Gasteiger partial charge < -0.3 is 19.3 Å². The molecule has 2 saturated heterocycles. The van der Waals surface area contributed by atoms with E-state index in [0.717, 1.165) is 37.3 Å². The summed E-state index contributed by atoms with van der Waals surface area (Å²) in [4.78, 5) is 29.0. The first kappa shape index (κ1) is 19.5. The van der Waals surface area contributed by atoms with Gasteiger partial charge in [0.25, 0.3) is 0 Å². The maximum atomic E-state index is 12.9. The number of carbonyl (C=O) groups is 2. The number of benzene rings is 1. The molecule has 0 aromatic heterocycles. The standard InChI is InChI=1S/C21H30N2O4/c1-3-17-6-4-5-11-23(17)21(25)16-14-20(24)22(15-16)12-13-27-19-9-7-18(26-2)8-10-19/h7-10,16-17H,3-6,11-15H2,1-2H3. The summed E-state index contributed by atoms with van der Waals surface area (Å²) in [5.74, 6) is 1.53. The lowest BCUT2D eigenvalue weighted by molar-refractivity contribution is -0.139. The Bertz CT molecular complexity index is 646. The van der Waals surface area contributed by atoms with Crippen LogP contribution in [0.5, 0.6) is 11.5 Å². The number of amides is 2. The van der Waals surface area contributed by atoms with E-state index in [0.29, 0.717) is 32.2 Å². The SMILES string of the molecule is CCC1CCCCN1C(=O)C1CC(=O)N(CCOc2ccc(OC)cc2)C1. The Balaban J connectivity index is 1.48. The molecule has 3 rings (SSSR count). The van der Waals surface area contributed by atoms with Gasteiger partial charge in [0, 0.05) is 25.6 Å². The van der Waals surface area contributed by atoms with Crippen LogP contribution in [-0.2, 0) is 9.59 Å². The van der Waals surface area contributed by atoms with Crippen LogP contribution in [0, 0.1) is 5.92 Å². The molecule has 6 heteroatoms. The summed E-state index contributed by atoms with van der Waals surface area (Å²) in [5, 5.41) is 0. The van der Waals surface area contributed by atoms with Crippen LogP contribution in [0.4, 0.5) is 0 Å². The first-order valence-corrected chi connectivity index (χ1v) is 9.97. The van der Waals surface area contributed by atoms with Gasteiger partial charge in [-0.05, 0) is 49.9 Å². The van der Waals surface area contributed by atoms with Gasteiger partial charge >= 0.3 is 0 Å². The Hall–Kier alpha value is -2.24. The topological polar surface area (TPSA) is 59.1 Å². The molecule has 0 aliphatic carbocycles. The second-order valence-electron chi connectivity index (χ2n) is 7.35. The van der Waals surface area contributed by atoms with E-state index in [2.05, 4.69) is 6.92 Å². The first-order chi connectivity index (χ1) is 13.1. The molecule has 0 bridgehead atoms. The highest BCUT2D eigenvalue weighted by molar-refractivity contribution is 5.89.